The molecule has 0 saturated carbocycles. The molecular weight excluding hydrogens is 362 g/mol. The number of fused-ring (bicyclic) bond motifs is 1. The Balaban J connectivity index is 1.97. The van der Waals surface area contributed by atoms with Crippen molar-refractivity contribution in [2.75, 3.05) is 0 Å². The maximum atomic E-state index is 12.8. The molecule has 1 heterocycles. The number of imidazole rings is 1. The zero-order valence-corrected chi connectivity index (χ0v) is 16.0. The van der Waals surface area contributed by atoms with Crippen molar-refractivity contribution in [3.63, 3.8) is 0 Å². The van der Waals surface area contributed by atoms with Crippen LogP contribution in [0.2, 0.25) is 5.02 Å². The van der Waals surface area contributed by atoms with Crippen LogP contribution in [0.3, 0.4) is 0 Å². The van der Waals surface area contributed by atoms with Gasteiger partial charge < -0.3 is 9.88 Å². The van der Waals surface area contributed by atoms with Crippen LogP contribution in [0.4, 0.5) is 0 Å². The SMILES string of the molecule is C=C(C)C(=O)NC(C)c1nc2ccccc2n1CC(=O)c1ccc(Cl)cc1. The number of Topliss-reactive ketones (excluding diaryl/α,β-unsaturated/α-hetero) is 1. The second-order valence-corrected chi connectivity index (χ2v) is 6.89. The first-order chi connectivity index (χ1) is 12.9. The summed E-state index contributed by atoms with van der Waals surface area (Å²) in [4.78, 5) is 29.4. The quantitative estimate of drug-likeness (QED) is 0.510. The molecule has 5 nitrogen and oxygen atoms in total. The molecule has 0 saturated heterocycles. The molecule has 27 heavy (non-hydrogen) atoms. The summed E-state index contributed by atoms with van der Waals surface area (Å²) in [7, 11) is 0. The normalized spacial score (nSPS) is 12.0. The number of benzene rings is 2. The fraction of sp³-hybridized carbons (Fsp3) is 0.190. The Morgan fingerprint density at radius 3 is 2.52 bits per heavy atom. The summed E-state index contributed by atoms with van der Waals surface area (Å²) >= 11 is 5.90. The first-order valence-electron chi connectivity index (χ1n) is 8.57. The van der Waals surface area contributed by atoms with Crippen molar-refractivity contribution in [1.29, 1.82) is 0 Å². The van der Waals surface area contributed by atoms with E-state index >= 15 is 0 Å². The number of carbonyl (C=O) groups excluding carboxylic acids is 2. The van der Waals surface area contributed by atoms with Crippen molar-refractivity contribution in [1.82, 2.24) is 14.9 Å². The van der Waals surface area contributed by atoms with Gasteiger partial charge in [0, 0.05) is 16.2 Å². The molecule has 1 aromatic heterocycles. The predicted octanol–water partition coefficient (Wildman–Crippen LogP) is 4.33. The number of hydrogen-bond acceptors (Lipinski definition) is 3. The van der Waals surface area contributed by atoms with E-state index in [1.54, 1.807) is 31.2 Å². The maximum Gasteiger partial charge on any atom is 0.246 e. The van der Waals surface area contributed by atoms with Gasteiger partial charge in [-0.2, -0.15) is 0 Å². The fourth-order valence-electron chi connectivity index (χ4n) is 2.85. The summed E-state index contributed by atoms with van der Waals surface area (Å²) in [6, 6.07) is 14.0. The van der Waals surface area contributed by atoms with Gasteiger partial charge in [0.25, 0.3) is 0 Å². The molecule has 0 bridgehead atoms. The number of hydrogen-bond donors (Lipinski definition) is 1. The van der Waals surface area contributed by atoms with Crippen molar-refractivity contribution in [2.45, 2.75) is 26.4 Å². The first kappa shape index (κ1) is 18.9. The third kappa shape index (κ3) is 4.09. The minimum absolute atomic E-state index is 0.0607. The Labute approximate surface area is 162 Å². The van der Waals surface area contributed by atoms with Crippen molar-refractivity contribution in [3.8, 4) is 0 Å². The van der Waals surface area contributed by atoms with Crippen molar-refractivity contribution in [3.05, 3.63) is 77.1 Å². The Hall–Kier alpha value is -2.92. The summed E-state index contributed by atoms with van der Waals surface area (Å²) in [6.45, 7) is 7.26. The maximum absolute atomic E-state index is 12.8. The molecule has 2 aromatic carbocycles. The van der Waals surface area contributed by atoms with Crippen molar-refractivity contribution < 1.29 is 9.59 Å². The molecule has 0 aliphatic rings. The van der Waals surface area contributed by atoms with Gasteiger partial charge in [-0.05, 0) is 50.2 Å². The zero-order chi connectivity index (χ0) is 19.6. The van der Waals surface area contributed by atoms with Crippen LogP contribution in [-0.4, -0.2) is 21.2 Å². The third-order valence-corrected chi connectivity index (χ3v) is 4.53. The van der Waals surface area contributed by atoms with Crippen LogP contribution in [0.5, 0.6) is 0 Å². The van der Waals surface area contributed by atoms with Crippen molar-refractivity contribution >= 4 is 34.3 Å². The van der Waals surface area contributed by atoms with Crippen LogP contribution in [0.25, 0.3) is 11.0 Å². The van der Waals surface area contributed by atoms with Gasteiger partial charge in [0.15, 0.2) is 5.78 Å². The standard InChI is InChI=1S/C21H20ClN3O2/c1-13(2)21(27)23-14(3)20-24-17-6-4-5-7-18(17)25(20)12-19(26)15-8-10-16(22)11-9-15/h4-11,14H,1,12H2,2-3H3,(H,23,27). The average molecular weight is 382 g/mol. The van der Waals surface area contributed by atoms with E-state index in [-0.39, 0.29) is 24.3 Å². The Bertz CT molecular complexity index is 1020. The Morgan fingerprint density at radius 1 is 1.19 bits per heavy atom. The van der Waals surface area contributed by atoms with E-state index in [2.05, 4.69) is 16.9 Å². The molecule has 0 fully saturated rings. The molecule has 0 aliphatic carbocycles. The van der Waals surface area contributed by atoms with Crippen molar-refractivity contribution in [2.24, 2.45) is 0 Å². The molecule has 3 aromatic rings. The molecular formula is C21H20ClN3O2. The lowest BCUT2D eigenvalue weighted by atomic mass is 10.1. The number of halogens is 1. The Morgan fingerprint density at radius 2 is 1.85 bits per heavy atom. The molecule has 1 N–H and O–H groups in total. The summed E-state index contributed by atoms with van der Waals surface area (Å²) in [6.07, 6.45) is 0. The van der Waals surface area contributed by atoms with Gasteiger partial charge in [-0.25, -0.2) is 4.98 Å². The number of nitrogens with one attached hydrogen (secondary N) is 1. The number of aromatic nitrogens is 2. The minimum atomic E-state index is -0.375. The summed E-state index contributed by atoms with van der Waals surface area (Å²) in [5.41, 5.74) is 2.60. The number of ketones is 1. The van der Waals surface area contributed by atoms with Gasteiger partial charge in [-0.3, -0.25) is 9.59 Å². The summed E-state index contributed by atoms with van der Waals surface area (Å²) in [5.74, 6) is 0.313. The van der Waals surface area contributed by atoms with E-state index in [0.717, 1.165) is 11.0 Å². The second-order valence-electron chi connectivity index (χ2n) is 6.45. The largest absolute Gasteiger partial charge is 0.343 e. The highest BCUT2D eigenvalue weighted by Gasteiger charge is 2.20. The fourth-order valence-corrected chi connectivity index (χ4v) is 2.97. The number of amides is 1. The third-order valence-electron chi connectivity index (χ3n) is 4.27. The van der Waals surface area contributed by atoms with E-state index in [4.69, 9.17) is 11.6 Å². The van der Waals surface area contributed by atoms with Crippen LogP contribution in [0, 0.1) is 0 Å². The van der Waals surface area contributed by atoms with E-state index in [1.807, 2.05) is 35.8 Å². The lowest BCUT2D eigenvalue weighted by molar-refractivity contribution is -0.118. The Kier molecular flexibility index (Phi) is 5.42. The van der Waals surface area contributed by atoms with Gasteiger partial charge in [-0.1, -0.05) is 30.3 Å². The van der Waals surface area contributed by atoms with E-state index in [0.29, 0.717) is 22.0 Å². The van der Waals surface area contributed by atoms with E-state index in [9.17, 15) is 9.59 Å². The molecule has 0 radical (unpaired) electrons. The number of carbonyl (C=O) groups is 2. The van der Waals surface area contributed by atoms with Gasteiger partial charge in [-0.15, -0.1) is 0 Å². The molecule has 0 spiro atoms. The van der Waals surface area contributed by atoms with Gasteiger partial charge in [0.05, 0.1) is 23.6 Å². The molecule has 0 aliphatic heterocycles. The highest BCUT2D eigenvalue weighted by molar-refractivity contribution is 6.30. The molecule has 138 valence electrons. The molecule has 1 amide bonds. The molecule has 1 unspecified atom stereocenters. The summed E-state index contributed by atoms with van der Waals surface area (Å²) < 4.78 is 1.84. The predicted molar refractivity (Wildman–Crippen MR) is 107 cm³/mol. The first-order valence-corrected chi connectivity index (χ1v) is 8.95. The van der Waals surface area contributed by atoms with Crippen LogP contribution >= 0.6 is 11.6 Å². The topological polar surface area (TPSA) is 64.0 Å². The summed E-state index contributed by atoms with van der Waals surface area (Å²) in [5, 5.41) is 3.45. The van der Waals surface area contributed by atoms with Crippen LogP contribution < -0.4 is 5.32 Å². The zero-order valence-electron chi connectivity index (χ0n) is 15.2. The number of nitrogens with zero attached hydrogens (tertiary/aromatic N) is 2. The lowest BCUT2D eigenvalue weighted by Crippen LogP contribution is -2.29. The minimum Gasteiger partial charge on any atom is -0.343 e. The smallest absolute Gasteiger partial charge is 0.246 e. The average Bonchev–Trinajstić information content (AvgIpc) is 3.01. The number of rotatable bonds is 6. The van der Waals surface area contributed by atoms with Gasteiger partial charge in [0.2, 0.25) is 5.91 Å². The lowest BCUT2D eigenvalue weighted by Gasteiger charge is -2.16. The second kappa shape index (κ2) is 7.76. The van der Waals surface area contributed by atoms with Gasteiger partial charge in [0.1, 0.15) is 5.82 Å². The highest BCUT2D eigenvalue weighted by atomic mass is 35.5. The van der Waals surface area contributed by atoms with Crippen LogP contribution in [0.15, 0.2) is 60.7 Å². The highest BCUT2D eigenvalue weighted by Crippen LogP contribution is 2.22. The number of para-hydroxylation sites is 2. The monoisotopic (exact) mass is 381 g/mol. The van der Waals surface area contributed by atoms with Crippen LogP contribution in [0.1, 0.15) is 36.1 Å². The van der Waals surface area contributed by atoms with E-state index < -0.39 is 0 Å². The molecule has 3 rings (SSSR count). The molecule has 1 atom stereocenters. The van der Waals surface area contributed by atoms with Crippen LogP contribution in [-0.2, 0) is 11.3 Å². The van der Waals surface area contributed by atoms with E-state index in [1.165, 1.54) is 0 Å². The van der Waals surface area contributed by atoms with Gasteiger partial charge >= 0.3 is 0 Å². The molecule has 6 heteroatoms.